The molecule has 1 aliphatic heterocycles. The summed E-state index contributed by atoms with van der Waals surface area (Å²) in [6.45, 7) is 11.4. The van der Waals surface area contributed by atoms with Gasteiger partial charge in [-0.3, -0.25) is 4.90 Å². The van der Waals surface area contributed by atoms with Crippen LogP contribution in [0.5, 0.6) is 0 Å². The lowest BCUT2D eigenvalue weighted by atomic mass is 9.88. The van der Waals surface area contributed by atoms with Crippen LogP contribution in [0.25, 0.3) is 0 Å². The van der Waals surface area contributed by atoms with Crippen LogP contribution < -0.4 is 0 Å². The van der Waals surface area contributed by atoms with Crippen LogP contribution in [0, 0.1) is 16.7 Å². The van der Waals surface area contributed by atoms with Crippen LogP contribution in [0.1, 0.15) is 41.5 Å². The number of hydrogen-bond acceptors (Lipinski definition) is 4. The number of amides is 1. The predicted octanol–water partition coefficient (Wildman–Crippen LogP) is 3.94. The van der Waals surface area contributed by atoms with Crippen molar-refractivity contribution < 1.29 is 14.3 Å². The number of rotatable bonds is 1. The van der Waals surface area contributed by atoms with Crippen molar-refractivity contribution in [1.29, 1.82) is 5.26 Å². The summed E-state index contributed by atoms with van der Waals surface area (Å²) in [7, 11) is 0. The number of allylic oxidation sites excluding steroid dienone is 4. The molecule has 130 valence electrons. The van der Waals surface area contributed by atoms with E-state index in [1.165, 1.54) is 0 Å². The number of nitriles is 1. The number of carbonyl (C=O) groups excluding carboxylic acids is 1. The van der Waals surface area contributed by atoms with Crippen LogP contribution in [0.4, 0.5) is 4.79 Å². The molecule has 1 aliphatic carbocycles. The van der Waals surface area contributed by atoms with Crippen LogP contribution in [0.2, 0.25) is 0 Å². The summed E-state index contributed by atoms with van der Waals surface area (Å²) in [5.41, 5.74) is -1.20. The fourth-order valence-corrected chi connectivity index (χ4v) is 2.85. The third-order valence-corrected chi connectivity index (χ3v) is 4.01. The first-order valence-electron chi connectivity index (χ1n) is 8.14. The van der Waals surface area contributed by atoms with E-state index in [4.69, 9.17) is 9.47 Å². The maximum absolute atomic E-state index is 12.7. The average Bonchev–Trinajstić information content (AvgIpc) is 2.63. The molecule has 1 saturated heterocycles. The van der Waals surface area contributed by atoms with Crippen molar-refractivity contribution in [2.45, 2.75) is 58.9 Å². The van der Waals surface area contributed by atoms with Crippen molar-refractivity contribution in [3.63, 3.8) is 0 Å². The van der Waals surface area contributed by atoms with E-state index >= 15 is 0 Å². The Balaban J connectivity index is 2.38. The molecule has 0 aromatic rings. The Morgan fingerprint density at radius 1 is 1.38 bits per heavy atom. The highest BCUT2D eigenvalue weighted by Crippen LogP contribution is 2.35. The molecular weight excluding hydrogens is 304 g/mol. The number of nitrogens with zero attached hydrogens (tertiary/aromatic N) is 2. The second-order valence-electron chi connectivity index (χ2n) is 7.88. The maximum atomic E-state index is 12.7. The molecule has 0 saturated carbocycles. The van der Waals surface area contributed by atoms with Gasteiger partial charge in [0.05, 0.1) is 24.1 Å². The molecular formula is C19H26N2O3. The van der Waals surface area contributed by atoms with Crippen molar-refractivity contribution >= 4 is 6.09 Å². The Bertz CT molecular complexity index is 647. The highest BCUT2D eigenvalue weighted by Gasteiger charge is 2.47. The standard InChI is InChI=1S/C19H26N2O3/c1-17(2,3)24-16(22)21-15(12-23-18(21,4)5)14-9-7-8-10-19(6,11-14)13-20/h7-11,15H,12H2,1-6H3. The fourth-order valence-electron chi connectivity index (χ4n) is 2.85. The van der Waals surface area contributed by atoms with Gasteiger partial charge in [0.15, 0.2) is 0 Å². The normalized spacial score (nSPS) is 29.0. The largest absolute Gasteiger partial charge is 0.444 e. The molecule has 2 atom stereocenters. The van der Waals surface area contributed by atoms with Crippen LogP contribution in [-0.2, 0) is 9.47 Å². The van der Waals surface area contributed by atoms with Gasteiger partial charge in [0.1, 0.15) is 11.3 Å². The van der Waals surface area contributed by atoms with Gasteiger partial charge in [-0.05, 0) is 47.1 Å². The molecule has 2 aliphatic rings. The van der Waals surface area contributed by atoms with Gasteiger partial charge in [-0.2, -0.15) is 5.26 Å². The lowest BCUT2D eigenvalue weighted by Crippen LogP contribution is -2.50. The van der Waals surface area contributed by atoms with Crippen molar-refractivity contribution in [2.24, 2.45) is 5.41 Å². The third-order valence-electron chi connectivity index (χ3n) is 4.01. The Kier molecular flexibility index (Phi) is 4.65. The van der Waals surface area contributed by atoms with E-state index < -0.39 is 22.8 Å². The van der Waals surface area contributed by atoms with Gasteiger partial charge in [0.2, 0.25) is 0 Å². The highest BCUT2D eigenvalue weighted by atomic mass is 16.6. The SMILES string of the molecule is CC1(C#N)C=CC=CC(C2COC(C)(C)N2C(=O)OC(C)(C)C)=C1. The van der Waals surface area contributed by atoms with Crippen LogP contribution in [0.3, 0.4) is 0 Å². The minimum Gasteiger partial charge on any atom is -0.444 e. The molecule has 2 unspecified atom stereocenters. The molecule has 1 amide bonds. The topological polar surface area (TPSA) is 62.6 Å². The molecule has 5 nitrogen and oxygen atoms in total. The minimum absolute atomic E-state index is 0.293. The summed E-state index contributed by atoms with van der Waals surface area (Å²) in [6, 6.07) is 2.01. The Hall–Kier alpha value is -2.06. The number of hydrogen-bond donors (Lipinski definition) is 0. The van der Waals surface area contributed by atoms with Crippen LogP contribution in [-0.4, -0.2) is 35.0 Å². The Labute approximate surface area is 144 Å². The van der Waals surface area contributed by atoms with E-state index in [0.29, 0.717) is 6.61 Å². The van der Waals surface area contributed by atoms with Gasteiger partial charge in [-0.25, -0.2) is 4.79 Å². The first-order chi connectivity index (χ1) is 11.0. The molecule has 0 spiro atoms. The highest BCUT2D eigenvalue weighted by molar-refractivity contribution is 5.70. The Morgan fingerprint density at radius 2 is 2.04 bits per heavy atom. The summed E-state index contributed by atoms with van der Waals surface area (Å²) in [5.74, 6) is 0. The molecule has 1 heterocycles. The first-order valence-corrected chi connectivity index (χ1v) is 8.14. The van der Waals surface area contributed by atoms with Gasteiger partial charge in [-0.15, -0.1) is 0 Å². The summed E-state index contributed by atoms with van der Waals surface area (Å²) in [6.07, 6.45) is 8.97. The molecule has 2 rings (SSSR count). The zero-order valence-corrected chi connectivity index (χ0v) is 15.3. The molecule has 24 heavy (non-hydrogen) atoms. The zero-order chi connectivity index (χ0) is 18.2. The second kappa shape index (κ2) is 6.10. The molecule has 1 fully saturated rings. The van der Waals surface area contributed by atoms with E-state index in [-0.39, 0.29) is 6.04 Å². The van der Waals surface area contributed by atoms with Gasteiger partial charge in [0.25, 0.3) is 0 Å². The summed E-state index contributed by atoms with van der Waals surface area (Å²) in [4.78, 5) is 14.4. The first kappa shape index (κ1) is 18.3. The number of carbonyl (C=O) groups is 1. The van der Waals surface area contributed by atoms with Gasteiger partial charge in [-0.1, -0.05) is 30.4 Å². The molecule has 0 N–H and O–H groups in total. The molecule has 0 aromatic heterocycles. The van der Waals surface area contributed by atoms with Crippen molar-refractivity contribution in [3.05, 3.63) is 36.0 Å². The van der Waals surface area contributed by atoms with E-state index in [2.05, 4.69) is 6.07 Å². The Morgan fingerprint density at radius 3 is 2.62 bits per heavy atom. The minimum atomic E-state index is -0.773. The van der Waals surface area contributed by atoms with E-state index in [0.717, 1.165) is 5.57 Å². The van der Waals surface area contributed by atoms with Crippen molar-refractivity contribution in [3.8, 4) is 6.07 Å². The van der Waals surface area contributed by atoms with E-state index in [1.54, 1.807) is 4.90 Å². The lowest BCUT2D eigenvalue weighted by molar-refractivity contribution is -0.0612. The fraction of sp³-hybridized carbons (Fsp3) is 0.579. The second-order valence-corrected chi connectivity index (χ2v) is 7.88. The van der Waals surface area contributed by atoms with E-state index in [1.807, 2.05) is 71.9 Å². The van der Waals surface area contributed by atoms with Gasteiger partial charge in [0, 0.05) is 0 Å². The maximum Gasteiger partial charge on any atom is 0.413 e. The summed E-state index contributed by atoms with van der Waals surface area (Å²) >= 11 is 0. The summed E-state index contributed by atoms with van der Waals surface area (Å²) < 4.78 is 11.4. The lowest BCUT2D eigenvalue weighted by Gasteiger charge is -2.35. The molecule has 0 bridgehead atoms. The van der Waals surface area contributed by atoms with Crippen molar-refractivity contribution in [1.82, 2.24) is 4.90 Å². The number of ether oxygens (including phenoxy) is 2. The van der Waals surface area contributed by atoms with E-state index in [9.17, 15) is 10.1 Å². The van der Waals surface area contributed by atoms with Crippen LogP contribution >= 0.6 is 0 Å². The van der Waals surface area contributed by atoms with Gasteiger partial charge >= 0.3 is 6.09 Å². The smallest absolute Gasteiger partial charge is 0.413 e. The average molecular weight is 330 g/mol. The monoisotopic (exact) mass is 330 g/mol. The van der Waals surface area contributed by atoms with Crippen LogP contribution in [0.15, 0.2) is 36.0 Å². The quantitative estimate of drug-likeness (QED) is 0.730. The molecule has 5 heteroatoms. The van der Waals surface area contributed by atoms with Crippen molar-refractivity contribution in [2.75, 3.05) is 6.61 Å². The van der Waals surface area contributed by atoms with Gasteiger partial charge < -0.3 is 9.47 Å². The predicted molar refractivity (Wildman–Crippen MR) is 92.0 cm³/mol. The third kappa shape index (κ3) is 3.88. The zero-order valence-electron chi connectivity index (χ0n) is 15.3. The summed E-state index contributed by atoms with van der Waals surface area (Å²) in [5, 5.41) is 9.46. The molecule has 0 aromatic carbocycles. The molecule has 0 radical (unpaired) electrons.